The van der Waals surface area contributed by atoms with Gasteiger partial charge >= 0.3 is 0 Å². The molecule has 1 amide bonds. The van der Waals surface area contributed by atoms with Crippen molar-refractivity contribution in [2.24, 2.45) is 0 Å². The van der Waals surface area contributed by atoms with Gasteiger partial charge in [0.15, 0.2) is 5.16 Å². The predicted molar refractivity (Wildman–Crippen MR) is 125 cm³/mol. The molecule has 1 aliphatic rings. The molecule has 0 aliphatic carbocycles. The Bertz CT molecular complexity index is 1030. The van der Waals surface area contributed by atoms with Gasteiger partial charge in [-0.3, -0.25) is 9.36 Å². The molecule has 0 radical (unpaired) electrons. The molecule has 164 valence electrons. The molecule has 0 bridgehead atoms. The van der Waals surface area contributed by atoms with Crippen LogP contribution in [0.3, 0.4) is 0 Å². The number of aromatic nitrogens is 4. The van der Waals surface area contributed by atoms with Gasteiger partial charge in [-0.1, -0.05) is 35.9 Å². The average molecular weight is 477 g/mol. The number of piperidine rings is 1. The van der Waals surface area contributed by atoms with Crippen molar-refractivity contribution >= 4 is 40.6 Å². The third-order valence-electron chi connectivity index (χ3n) is 5.13. The fraction of sp³-hybridized carbons (Fsp3) is 0.429. The minimum atomic E-state index is -0.109. The summed E-state index contributed by atoms with van der Waals surface area (Å²) in [5.41, 5.74) is 1.40. The van der Waals surface area contributed by atoms with Crippen LogP contribution in [-0.4, -0.2) is 56.7 Å². The topological polar surface area (TPSA) is 75.9 Å². The first-order valence-electron chi connectivity index (χ1n) is 10.4. The van der Waals surface area contributed by atoms with Crippen molar-refractivity contribution in [2.75, 3.05) is 26.2 Å². The number of hydrogen-bond donors (Lipinski definition) is 1. The number of hydrogen-bond acceptors (Lipinski definition) is 7. The van der Waals surface area contributed by atoms with Crippen LogP contribution in [0.2, 0.25) is 5.02 Å². The number of carbonyl (C=O) groups excluding carboxylic acids is 1. The molecule has 1 aromatic carbocycles. The molecule has 10 heteroatoms. The molecule has 7 nitrogen and oxygen atoms in total. The molecule has 1 aliphatic heterocycles. The van der Waals surface area contributed by atoms with Crippen molar-refractivity contribution in [1.29, 1.82) is 0 Å². The van der Waals surface area contributed by atoms with Crippen LogP contribution >= 0.6 is 34.7 Å². The maximum Gasteiger partial charge on any atom is 0.270 e. The highest BCUT2D eigenvalue weighted by Crippen LogP contribution is 2.27. The molecule has 1 fully saturated rings. The number of rotatable bonds is 8. The summed E-state index contributed by atoms with van der Waals surface area (Å²) in [4.78, 5) is 19.3. The Kier molecular flexibility index (Phi) is 7.60. The van der Waals surface area contributed by atoms with Crippen LogP contribution < -0.4 is 5.32 Å². The molecule has 2 aromatic heterocycles. The van der Waals surface area contributed by atoms with E-state index in [0.29, 0.717) is 23.0 Å². The van der Waals surface area contributed by atoms with E-state index >= 15 is 0 Å². The van der Waals surface area contributed by atoms with E-state index in [0.717, 1.165) is 41.3 Å². The zero-order chi connectivity index (χ0) is 21.6. The number of carbonyl (C=O) groups is 1. The summed E-state index contributed by atoms with van der Waals surface area (Å²) < 4.78 is 1.97. The first-order chi connectivity index (χ1) is 15.1. The second-order valence-corrected chi connectivity index (χ2v) is 9.74. The lowest BCUT2D eigenvalue weighted by Crippen LogP contribution is -2.37. The summed E-state index contributed by atoms with van der Waals surface area (Å²) in [6, 6.07) is 7.61. The van der Waals surface area contributed by atoms with Gasteiger partial charge in [-0.05, 0) is 51.1 Å². The number of thioether (sulfide) groups is 1. The molecule has 1 saturated heterocycles. The van der Waals surface area contributed by atoms with E-state index in [1.807, 2.05) is 41.1 Å². The van der Waals surface area contributed by atoms with Gasteiger partial charge in [-0.25, -0.2) is 4.98 Å². The summed E-state index contributed by atoms with van der Waals surface area (Å²) >= 11 is 9.17. The van der Waals surface area contributed by atoms with Gasteiger partial charge in [0.2, 0.25) is 0 Å². The van der Waals surface area contributed by atoms with Crippen molar-refractivity contribution in [3.63, 3.8) is 0 Å². The van der Waals surface area contributed by atoms with Crippen LogP contribution in [0.4, 0.5) is 0 Å². The van der Waals surface area contributed by atoms with E-state index in [9.17, 15) is 4.79 Å². The van der Waals surface area contributed by atoms with E-state index < -0.39 is 0 Å². The lowest BCUT2D eigenvalue weighted by molar-refractivity contribution is 0.0942. The van der Waals surface area contributed by atoms with E-state index in [1.165, 1.54) is 42.4 Å². The number of likely N-dealkylation sites (tertiary alicyclic amines) is 1. The van der Waals surface area contributed by atoms with E-state index in [1.54, 1.807) is 0 Å². The summed E-state index contributed by atoms with van der Waals surface area (Å²) in [5.74, 6) is 1.30. The Morgan fingerprint density at radius 3 is 2.90 bits per heavy atom. The van der Waals surface area contributed by atoms with Gasteiger partial charge in [-0.2, -0.15) is 0 Å². The zero-order valence-electron chi connectivity index (χ0n) is 17.4. The van der Waals surface area contributed by atoms with Crippen molar-refractivity contribution in [2.45, 2.75) is 37.1 Å². The van der Waals surface area contributed by atoms with Crippen molar-refractivity contribution < 1.29 is 4.79 Å². The third-order valence-corrected chi connectivity index (χ3v) is 7.34. The SMILES string of the molecule is Cc1nnc(SCc2nc(C(=O)NCCN3CCCCC3)cs2)n1-c1cccc(Cl)c1. The number of amides is 1. The largest absolute Gasteiger partial charge is 0.349 e. The maximum atomic E-state index is 12.4. The Labute approximate surface area is 195 Å². The van der Waals surface area contributed by atoms with Gasteiger partial charge in [-0.15, -0.1) is 21.5 Å². The second kappa shape index (κ2) is 10.6. The first-order valence-corrected chi connectivity index (χ1v) is 12.6. The monoisotopic (exact) mass is 476 g/mol. The highest BCUT2D eigenvalue weighted by atomic mass is 35.5. The second-order valence-electron chi connectivity index (χ2n) is 7.42. The Hall–Kier alpha value is -1.94. The first kappa shape index (κ1) is 22.3. The molecule has 0 unspecified atom stereocenters. The van der Waals surface area contributed by atoms with Crippen LogP contribution in [-0.2, 0) is 5.75 Å². The molecule has 31 heavy (non-hydrogen) atoms. The fourth-order valence-electron chi connectivity index (χ4n) is 3.56. The van der Waals surface area contributed by atoms with Crippen molar-refractivity contribution in [3.05, 3.63) is 51.2 Å². The summed E-state index contributed by atoms with van der Waals surface area (Å²) in [7, 11) is 0. The molecule has 1 N–H and O–H groups in total. The Morgan fingerprint density at radius 1 is 1.26 bits per heavy atom. The highest BCUT2D eigenvalue weighted by Gasteiger charge is 2.15. The maximum absolute atomic E-state index is 12.4. The number of aryl methyl sites for hydroxylation is 1. The van der Waals surface area contributed by atoms with E-state index in [2.05, 4.69) is 25.4 Å². The third kappa shape index (κ3) is 5.85. The fourth-order valence-corrected chi connectivity index (χ4v) is 5.53. The summed E-state index contributed by atoms with van der Waals surface area (Å²) in [6.45, 7) is 5.73. The van der Waals surface area contributed by atoms with Crippen molar-refractivity contribution in [3.8, 4) is 5.69 Å². The summed E-state index contributed by atoms with van der Waals surface area (Å²) in [6.07, 6.45) is 3.83. The van der Waals surface area contributed by atoms with Crippen LogP contribution in [0, 0.1) is 6.92 Å². The minimum Gasteiger partial charge on any atom is -0.349 e. The van der Waals surface area contributed by atoms with Gasteiger partial charge < -0.3 is 10.2 Å². The molecule has 3 aromatic rings. The smallest absolute Gasteiger partial charge is 0.270 e. The zero-order valence-corrected chi connectivity index (χ0v) is 19.8. The standard InChI is InChI=1S/C21H25ClN6OS2/c1-15-25-26-21(28(15)17-7-5-6-16(22)12-17)31-14-19-24-18(13-30-19)20(29)23-8-11-27-9-3-2-4-10-27/h5-7,12-13H,2-4,8-11,14H2,1H3,(H,23,29). The van der Waals surface area contributed by atoms with Gasteiger partial charge in [0.1, 0.15) is 16.5 Å². The minimum absolute atomic E-state index is 0.109. The normalized spacial score (nSPS) is 14.6. The van der Waals surface area contributed by atoms with Crippen LogP contribution in [0.25, 0.3) is 5.69 Å². The predicted octanol–water partition coefficient (Wildman–Crippen LogP) is 4.19. The molecule has 0 spiro atoms. The Balaban J connectivity index is 1.32. The lowest BCUT2D eigenvalue weighted by atomic mass is 10.1. The molecule has 4 rings (SSSR count). The van der Waals surface area contributed by atoms with E-state index in [-0.39, 0.29) is 5.91 Å². The number of nitrogens with one attached hydrogen (secondary N) is 1. The number of halogens is 1. The Morgan fingerprint density at radius 2 is 2.10 bits per heavy atom. The number of benzene rings is 1. The summed E-state index contributed by atoms with van der Waals surface area (Å²) in [5, 5.41) is 15.6. The van der Waals surface area contributed by atoms with Gasteiger partial charge in [0, 0.05) is 23.5 Å². The van der Waals surface area contributed by atoms with Gasteiger partial charge in [0.25, 0.3) is 5.91 Å². The lowest BCUT2D eigenvalue weighted by Gasteiger charge is -2.26. The molecule has 3 heterocycles. The number of thiazole rings is 1. The quantitative estimate of drug-likeness (QED) is 0.491. The van der Waals surface area contributed by atoms with Crippen LogP contribution in [0.1, 0.15) is 40.6 Å². The number of nitrogens with zero attached hydrogens (tertiary/aromatic N) is 5. The molecule has 0 atom stereocenters. The highest BCUT2D eigenvalue weighted by molar-refractivity contribution is 7.98. The van der Waals surface area contributed by atoms with Crippen LogP contribution in [0.15, 0.2) is 34.8 Å². The van der Waals surface area contributed by atoms with Crippen molar-refractivity contribution in [1.82, 2.24) is 30.0 Å². The van der Waals surface area contributed by atoms with Crippen LogP contribution in [0.5, 0.6) is 0 Å². The van der Waals surface area contributed by atoms with E-state index in [4.69, 9.17) is 11.6 Å². The molecular formula is C21H25ClN6OS2. The average Bonchev–Trinajstić information content (AvgIpc) is 3.39. The molecular weight excluding hydrogens is 452 g/mol. The molecule has 0 saturated carbocycles. The van der Waals surface area contributed by atoms with Gasteiger partial charge in [0.05, 0.1) is 11.4 Å².